The molecule has 0 aliphatic heterocycles. The van der Waals surface area contributed by atoms with Crippen LogP contribution in [0.25, 0.3) is 10.4 Å². The number of aryl methyl sites for hydroxylation is 1. The van der Waals surface area contributed by atoms with E-state index in [4.69, 9.17) is 9.84 Å². The highest BCUT2D eigenvalue weighted by Gasteiger charge is 2.40. The van der Waals surface area contributed by atoms with Crippen molar-refractivity contribution >= 4 is 17.3 Å². The van der Waals surface area contributed by atoms with Gasteiger partial charge >= 0.3 is 5.97 Å². The lowest BCUT2D eigenvalue weighted by atomic mass is 10.1. The number of carboxylic acids is 1. The van der Waals surface area contributed by atoms with Crippen LogP contribution in [0.15, 0.2) is 54.6 Å². The molecule has 0 bridgehead atoms. The Kier molecular flexibility index (Phi) is 5.91. The fourth-order valence-electron chi connectivity index (χ4n) is 3.52. The normalized spacial score (nSPS) is 14.5. The molecule has 1 heterocycles. The van der Waals surface area contributed by atoms with Crippen molar-refractivity contribution in [2.75, 3.05) is 0 Å². The molecular weight excluding hydrogens is 399 g/mol. The molecule has 5 heteroatoms. The molecule has 30 heavy (non-hydrogen) atoms. The zero-order valence-corrected chi connectivity index (χ0v) is 17.8. The summed E-state index contributed by atoms with van der Waals surface area (Å²) < 4.78 is 19.9. The summed E-state index contributed by atoms with van der Waals surface area (Å²) in [5.74, 6) is -0.327. The van der Waals surface area contributed by atoms with Crippen LogP contribution in [0.4, 0.5) is 4.39 Å². The van der Waals surface area contributed by atoms with Gasteiger partial charge in [0.1, 0.15) is 18.2 Å². The largest absolute Gasteiger partial charge is 0.489 e. The number of halogens is 1. The molecule has 4 rings (SSSR count). The van der Waals surface area contributed by atoms with E-state index in [1.807, 2.05) is 30.3 Å². The molecule has 1 saturated carbocycles. The van der Waals surface area contributed by atoms with Gasteiger partial charge in [0.05, 0.1) is 0 Å². The van der Waals surface area contributed by atoms with Gasteiger partial charge in [-0.2, -0.15) is 0 Å². The molecule has 1 aliphatic carbocycles. The highest BCUT2D eigenvalue weighted by Crippen LogP contribution is 2.51. The second kappa shape index (κ2) is 8.60. The molecule has 1 N–H and O–H groups in total. The van der Waals surface area contributed by atoms with Gasteiger partial charge in [-0.3, -0.25) is 4.79 Å². The van der Waals surface area contributed by atoms with E-state index in [1.165, 1.54) is 23.8 Å². The molecule has 0 amide bonds. The van der Waals surface area contributed by atoms with Gasteiger partial charge < -0.3 is 9.84 Å². The van der Waals surface area contributed by atoms with Crippen molar-refractivity contribution in [3.05, 3.63) is 76.4 Å². The molecule has 156 valence electrons. The summed E-state index contributed by atoms with van der Waals surface area (Å²) in [6, 6.07) is 16.9. The molecule has 0 unspecified atom stereocenters. The second-order valence-corrected chi connectivity index (χ2v) is 9.29. The molecule has 1 aliphatic rings. The number of ether oxygens (including phenoxy) is 1. The maximum absolute atomic E-state index is 13.9. The van der Waals surface area contributed by atoms with Crippen LogP contribution in [-0.2, 0) is 23.2 Å². The van der Waals surface area contributed by atoms with Crippen LogP contribution >= 0.6 is 11.3 Å². The smallest absolute Gasteiger partial charge is 0.303 e. The van der Waals surface area contributed by atoms with Crippen molar-refractivity contribution in [1.82, 2.24) is 0 Å². The maximum atomic E-state index is 13.9. The molecule has 1 aromatic heterocycles. The van der Waals surface area contributed by atoms with Gasteiger partial charge in [-0.15, -0.1) is 11.3 Å². The summed E-state index contributed by atoms with van der Waals surface area (Å²) in [4.78, 5) is 13.2. The van der Waals surface area contributed by atoms with Crippen LogP contribution < -0.4 is 4.74 Å². The average molecular weight is 425 g/mol. The summed E-state index contributed by atoms with van der Waals surface area (Å²) >= 11 is 1.79. The summed E-state index contributed by atoms with van der Waals surface area (Å²) in [5.41, 5.74) is 3.25. The van der Waals surface area contributed by atoms with E-state index >= 15 is 0 Å². The number of hydrogen-bond donors (Lipinski definition) is 1. The molecule has 0 saturated heterocycles. The first-order valence-corrected chi connectivity index (χ1v) is 11.1. The minimum atomic E-state index is -0.773. The van der Waals surface area contributed by atoms with Crippen molar-refractivity contribution in [2.24, 2.45) is 0 Å². The molecule has 0 atom stereocenters. The van der Waals surface area contributed by atoms with E-state index in [-0.39, 0.29) is 18.8 Å². The van der Waals surface area contributed by atoms with Gasteiger partial charge in [0, 0.05) is 27.2 Å². The van der Waals surface area contributed by atoms with Crippen LogP contribution in [0.3, 0.4) is 0 Å². The van der Waals surface area contributed by atoms with Crippen LogP contribution in [-0.4, -0.2) is 11.1 Å². The predicted octanol–water partition coefficient (Wildman–Crippen LogP) is 6.59. The molecule has 0 radical (unpaired) electrons. The van der Waals surface area contributed by atoms with E-state index in [9.17, 15) is 9.18 Å². The monoisotopic (exact) mass is 424 g/mol. The van der Waals surface area contributed by atoms with E-state index in [1.54, 1.807) is 17.4 Å². The van der Waals surface area contributed by atoms with Gasteiger partial charge in [0.25, 0.3) is 0 Å². The Hall–Kier alpha value is -2.66. The highest BCUT2D eigenvalue weighted by molar-refractivity contribution is 7.15. The first-order valence-electron chi connectivity index (χ1n) is 10.3. The van der Waals surface area contributed by atoms with Gasteiger partial charge in [-0.05, 0) is 73.2 Å². The number of carboxylic acid groups (broad SMARTS) is 1. The van der Waals surface area contributed by atoms with Gasteiger partial charge in [0.15, 0.2) is 0 Å². The van der Waals surface area contributed by atoms with Crippen LogP contribution in [0.2, 0.25) is 0 Å². The second-order valence-electron chi connectivity index (χ2n) is 8.21. The van der Waals surface area contributed by atoms with E-state index in [0.29, 0.717) is 17.6 Å². The third kappa shape index (κ3) is 4.90. The van der Waals surface area contributed by atoms with Crippen molar-refractivity contribution in [3.63, 3.8) is 0 Å². The van der Waals surface area contributed by atoms with Crippen molar-refractivity contribution < 1.29 is 19.0 Å². The van der Waals surface area contributed by atoms with E-state index < -0.39 is 5.97 Å². The Bertz CT molecular complexity index is 1030. The molecule has 3 aromatic rings. The lowest BCUT2D eigenvalue weighted by Crippen LogP contribution is -1.99. The standard InChI is InChI=1S/C25H25FO3S/c1-25(13-14-25)23-12-11-22(30-23)21-10-7-19(26)15-18(21)16-29-20-8-5-17(6-9-20)3-2-4-24(27)28/h5-12,15H,2-4,13-14,16H2,1H3,(H,27,28). The Morgan fingerprint density at radius 3 is 2.60 bits per heavy atom. The molecule has 3 nitrogen and oxygen atoms in total. The Balaban J connectivity index is 1.44. The third-order valence-electron chi connectivity index (χ3n) is 5.71. The highest BCUT2D eigenvalue weighted by atomic mass is 32.1. The van der Waals surface area contributed by atoms with Gasteiger partial charge in [-0.25, -0.2) is 4.39 Å². The fraction of sp³-hybridized carbons (Fsp3) is 0.320. The molecule has 0 spiro atoms. The number of hydrogen-bond acceptors (Lipinski definition) is 3. The van der Waals surface area contributed by atoms with Crippen LogP contribution in [0.1, 0.15) is 48.6 Å². The Labute approximate surface area is 180 Å². The molecule has 2 aromatic carbocycles. The summed E-state index contributed by atoms with van der Waals surface area (Å²) in [6.45, 7) is 2.58. The fourth-order valence-corrected chi connectivity index (χ4v) is 4.79. The van der Waals surface area contributed by atoms with E-state index in [0.717, 1.165) is 28.0 Å². The number of rotatable bonds is 9. The van der Waals surface area contributed by atoms with Crippen molar-refractivity contribution in [1.29, 1.82) is 0 Å². The zero-order valence-electron chi connectivity index (χ0n) is 17.0. The minimum absolute atomic E-state index is 0.171. The molecular formula is C25H25FO3S. The SMILES string of the molecule is CC1(c2ccc(-c3ccc(F)cc3COc3ccc(CCCC(=O)O)cc3)s2)CC1. The number of aliphatic carboxylic acids is 1. The lowest BCUT2D eigenvalue weighted by molar-refractivity contribution is -0.137. The van der Waals surface area contributed by atoms with Gasteiger partial charge in [-0.1, -0.05) is 25.1 Å². The number of thiophene rings is 1. The van der Waals surface area contributed by atoms with Crippen molar-refractivity contribution in [2.45, 2.75) is 51.0 Å². The third-order valence-corrected chi connectivity index (χ3v) is 7.13. The minimum Gasteiger partial charge on any atom is -0.489 e. The quantitative estimate of drug-likeness (QED) is 0.421. The predicted molar refractivity (Wildman–Crippen MR) is 118 cm³/mol. The number of benzene rings is 2. The number of carbonyl (C=O) groups is 1. The van der Waals surface area contributed by atoms with Crippen LogP contribution in [0.5, 0.6) is 5.75 Å². The van der Waals surface area contributed by atoms with Gasteiger partial charge in [0.2, 0.25) is 0 Å². The Morgan fingerprint density at radius 2 is 1.90 bits per heavy atom. The first kappa shape index (κ1) is 20.6. The summed E-state index contributed by atoms with van der Waals surface area (Å²) in [6.07, 6.45) is 3.98. The van der Waals surface area contributed by atoms with Crippen molar-refractivity contribution in [3.8, 4) is 16.2 Å². The first-order chi connectivity index (χ1) is 14.4. The van der Waals surface area contributed by atoms with Crippen LogP contribution in [0, 0.1) is 5.82 Å². The molecule has 1 fully saturated rings. The van der Waals surface area contributed by atoms with E-state index in [2.05, 4.69) is 19.1 Å². The lowest BCUT2D eigenvalue weighted by Gasteiger charge is -2.11. The summed E-state index contributed by atoms with van der Waals surface area (Å²) in [7, 11) is 0. The average Bonchev–Trinajstić information content (AvgIpc) is 3.27. The summed E-state index contributed by atoms with van der Waals surface area (Å²) in [5, 5.41) is 8.74. The topological polar surface area (TPSA) is 46.5 Å². The zero-order chi connectivity index (χ0) is 21.1. The Morgan fingerprint density at radius 1 is 1.13 bits per heavy atom. The maximum Gasteiger partial charge on any atom is 0.303 e.